The molecule has 2 aromatic carbocycles. The Morgan fingerprint density at radius 1 is 1.09 bits per heavy atom. The number of hydrogen-bond donors (Lipinski definition) is 1. The molecule has 4 nitrogen and oxygen atoms in total. The predicted molar refractivity (Wildman–Crippen MR) is 130 cm³/mol. The standard InChI is InChI=1S/C25H23F3N2O2S2/c1-24(2,3)23-16(12-30(29-23)18-6-4-17(5-7-18)25(26,27)28)14-33-19-8-9-20-15(10-22(31)32)13-34-21(20)11-19/h4-9,11-13H,10,14H2,1-3H3,(H,31,32). The quantitative estimate of drug-likeness (QED) is 0.280. The Bertz CT molecular complexity index is 1330. The number of hydrogen-bond acceptors (Lipinski definition) is 4. The molecule has 0 amide bonds. The number of thiophene rings is 1. The number of alkyl halides is 3. The minimum Gasteiger partial charge on any atom is -0.481 e. The highest BCUT2D eigenvalue weighted by Gasteiger charge is 2.30. The number of carboxylic acids is 1. The van der Waals surface area contributed by atoms with Crippen LogP contribution < -0.4 is 0 Å². The Morgan fingerprint density at radius 2 is 1.79 bits per heavy atom. The van der Waals surface area contributed by atoms with Crippen LogP contribution >= 0.6 is 23.1 Å². The van der Waals surface area contributed by atoms with Gasteiger partial charge in [0.05, 0.1) is 23.4 Å². The van der Waals surface area contributed by atoms with Crippen molar-refractivity contribution >= 4 is 39.2 Å². The van der Waals surface area contributed by atoms with E-state index in [-0.39, 0.29) is 11.8 Å². The van der Waals surface area contributed by atoms with Crippen molar-refractivity contribution in [3.8, 4) is 5.69 Å². The Hall–Kier alpha value is -2.78. The lowest BCUT2D eigenvalue weighted by Gasteiger charge is -2.17. The van der Waals surface area contributed by atoms with Crippen LogP contribution in [0.15, 0.2) is 58.9 Å². The van der Waals surface area contributed by atoms with Gasteiger partial charge in [-0.3, -0.25) is 4.79 Å². The third kappa shape index (κ3) is 5.31. The fourth-order valence-electron chi connectivity index (χ4n) is 3.70. The highest BCUT2D eigenvalue weighted by molar-refractivity contribution is 7.98. The van der Waals surface area contributed by atoms with E-state index in [1.165, 1.54) is 23.5 Å². The molecule has 0 aliphatic carbocycles. The summed E-state index contributed by atoms with van der Waals surface area (Å²) in [7, 11) is 0. The zero-order chi connectivity index (χ0) is 24.7. The fourth-order valence-corrected chi connectivity index (χ4v) is 5.67. The summed E-state index contributed by atoms with van der Waals surface area (Å²) in [5.41, 5.74) is 2.36. The van der Waals surface area contributed by atoms with Crippen molar-refractivity contribution < 1.29 is 23.1 Å². The smallest absolute Gasteiger partial charge is 0.416 e. The molecule has 0 saturated heterocycles. The normalized spacial score (nSPS) is 12.4. The van der Waals surface area contributed by atoms with Gasteiger partial charge in [0.2, 0.25) is 0 Å². The van der Waals surface area contributed by atoms with Crippen molar-refractivity contribution in [1.82, 2.24) is 9.78 Å². The van der Waals surface area contributed by atoms with Crippen molar-refractivity contribution in [2.45, 2.75) is 49.4 Å². The zero-order valence-electron chi connectivity index (χ0n) is 18.8. The maximum atomic E-state index is 12.9. The summed E-state index contributed by atoms with van der Waals surface area (Å²) in [6.45, 7) is 6.17. The molecule has 0 saturated carbocycles. The van der Waals surface area contributed by atoms with Gasteiger partial charge in [-0.1, -0.05) is 26.8 Å². The van der Waals surface area contributed by atoms with Gasteiger partial charge in [0, 0.05) is 32.5 Å². The summed E-state index contributed by atoms with van der Waals surface area (Å²) in [4.78, 5) is 12.1. The Morgan fingerprint density at radius 3 is 2.41 bits per heavy atom. The Balaban J connectivity index is 1.58. The van der Waals surface area contributed by atoms with Crippen molar-refractivity contribution in [2.75, 3.05) is 0 Å². The molecule has 34 heavy (non-hydrogen) atoms. The summed E-state index contributed by atoms with van der Waals surface area (Å²) in [6.07, 6.45) is -2.49. The SMILES string of the molecule is CC(C)(C)c1nn(-c2ccc(C(F)(F)F)cc2)cc1CSc1ccc2c(CC(=O)O)csc2c1. The first kappa shape index (κ1) is 24.3. The van der Waals surface area contributed by atoms with Crippen LogP contribution in [0.3, 0.4) is 0 Å². The minimum absolute atomic E-state index is 0.00453. The number of halogens is 3. The van der Waals surface area contributed by atoms with E-state index in [4.69, 9.17) is 10.2 Å². The topological polar surface area (TPSA) is 55.1 Å². The van der Waals surface area contributed by atoms with Crippen LogP contribution in [0.4, 0.5) is 13.2 Å². The van der Waals surface area contributed by atoms with Gasteiger partial charge in [0.15, 0.2) is 0 Å². The first-order valence-corrected chi connectivity index (χ1v) is 12.4. The van der Waals surface area contributed by atoms with Crippen molar-refractivity contribution in [3.05, 3.63) is 76.4 Å². The summed E-state index contributed by atoms with van der Waals surface area (Å²) in [5, 5.41) is 16.6. The highest BCUT2D eigenvalue weighted by atomic mass is 32.2. The number of aliphatic carboxylic acids is 1. The third-order valence-corrected chi connectivity index (χ3v) is 7.36. The summed E-state index contributed by atoms with van der Waals surface area (Å²) < 4.78 is 41.4. The second-order valence-corrected chi connectivity index (χ2v) is 11.0. The number of aromatic nitrogens is 2. The van der Waals surface area contributed by atoms with Crippen LogP contribution in [0, 0.1) is 0 Å². The molecule has 0 unspecified atom stereocenters. The van der Waals surface area contributed by atoms with Gasteiger partial charge in [-0.15, -0.1) is 23.1 Å². The second kappa shape index (κ2) is 9.11. The monoisotopic (exact) mass is 504 g/mol. The molecule has 0 atom stereocenters. The molecule has 0 fully saturated rings. The zero-order valence-corrected chi connectivity index (χ0v) is 20.4. The molecule has 4 rings (SSSR count). The van der Waals surface area contributed by atoms with Gasteiger partial charge in [0.1, 0.15) is 0 Å². The Kier molecular flexibility index (Phi) is 6.52. The number of carbonyl (C=O) groups is 1. The number of benzene rings is 2. The highest BCUT2D eigenvalue weighted by Crippen LogP contribution is 2.35. The number of nitrogens with zero attached hydrogens (tertiary/aromatic N) is 2. The first-order chi connectivity index (χ1) is 15.9. The predicted octanol–water partition coefficient (Wildman–Crippen LogP) is 7.32. The van der Waals surface area contributed by atoms with Gasteiger partial charge < -0.3 is 5.11 Å². The summed E-state index contributed by atoms with van der Waals surface area (Å²) in [5.74, 6) is -0.204. The van der Waals surface area contributed by atoms with Crippen LogP contribution in [0.2, 0.25) is 0 Å². The number of rotatable bonds is 6. The lowest BCUT2D eigenvalue weighted by molar-refractivity contribution is -0.138. The van der Waals surface area contributed by atoms with Gasteiger partial charge in [-0.2, -0.15) is 18.3 Å². The number of thioether (sulfide) groups is 1. The van der Waals surface area contributed by atoms with Gasteiger partial charge in [-0.25, -0.2) is 4.68 Å². The summed E-state index contributed by atoms with van der Waals surface area (Å²) in [6, 6.07) is 11.0. The van der Waals surface area contributed by atoms with Gasteiger partial charge >= 0.3 is 12.1 Å². The molecular weight excluding hydrogens is 481 g/mol. The maximum Gasteiger partial charge on any atom is 0.416 e. The molecular formula is C25H23F3N2O2S2. The molecule has 0 radical (unpaired) electrons. The lowest BCUT2D eigenvalue weighted by atomic mass is 9.90. The Labute approximate surface area is 203 Å². The average molecular weight is 505 g/mol. The van der Waals surface area contributed by atoms with E-state index in [0.29, 0.717) is 11.4 Å². The van der Waals surface area contributed by atoms with E-state index in [1.807, 2.05) is 23.7 Å². The molecule has 2 aromatic heterocycles. The van der Waals surface area contributed by atoms with E-state index in [2.05, 4.69) is 26.8 Å². The van der Waals surface area contributed by atoms with Crippen LogP contribution in [-0.2, 0) is 28.6 Å². The largest absolute Gasteiger partial charge is 0.481 e. The van der Waals surface area contributed by atoms with Crippen LogP contribution in [0.1, 0.15) is 43.2 Å². The van der Waals surface area contributed by atoms with Crippen molar-refractivity contribution in [1.29, 1.82) is 0 Å². The molecule has 2 heterocycles. The molecule has 4 aromatic rings. The fraction of sp³-hybridized carbons (Fsp3) is 0.280. The molecule has 0 aliphatic heterocycles. The van der Waals surface area contributed by atoms with E-state index in [1.54, 1.807) is 16.4 Å². The molecule has 178 valence electrons. The first-order valence-electron chi connectivity index (χ1n) is 10.5. The minimum atomic E-state index is -4.38. The van der Waals surface area contributed by atoms with Crippen molar-refractivity contribution in [2.24, 2.45) is 0 Å². The second-order valence-electron chi connectivity index (χ2n) is 9.02. The van der Waals surface area contributed by atoms with Crippen molar-refractivity contribution in [3.63, 3.8) is 0 Å². The van der Waals surface area contributed by atoms with Crippen LogP contribution in [-0.4, -0.2) is 20.9 Å². The van der Waals surface area contributed by atoms with Crippen LogP contribution in [0.5, 0.6) is 0 Å². The lowest BCUT2D eigenvalue weighted by Crippen LogP contribution is -2.14. The van der Waals surface area contributed by atoms with Gasteiger partial charge in [-0.05, 0) is 52.7 Å². The maximum absolute atomic E-state index is 12.9. The van der Waals surface area contributed by atoms with E-state index in [9.17, 15) is 18.0 Å². The average Bonchev–Trinajstić information content (AvgIpc) is 3.35. The van der Waals surface area contributed by atoms with Crippen LogP contribution in [0.25, 0.3) is 15.8 Å². The van der Waals surface area contributed by atoms with E-state index in [0.717, 1.165) is 43.9 Å². The third-order valence-electron chi connectivity index (χ3n) is 5.32. The molecule has 0 aliphatic rings. The number of carboxylic acid groups (broad SMARTS) is 1. The molecule has 9 heteroatoms. The van der Waals surface area contributed by atoms with Gasteiger partial charge in [0.25, 0.3) is 0 Å². The summed E-state index contributed by atoms with van der Waals surface area (Å²) >= 11 is 3.17. The van der Waals surface area contributed by atoms with E-state index < -0.39 is 17.7 Å². The molecule has 1 N–H and O–H groups in total. The van der Waals surface area contributed by atoms with E-state index >= 15 is 0 Å². The molecule has 0 spiro atoms. The number of fused-ring (bicyclic) bond motifs is 1. The molecule has 0 bridgehead atoms.